The van der Waals surface area contributed by atoms with Crippen LogP contribution < -0.4 is 11.1 Å². The molecule has 0 unspecified atom stereocenters. The van der Waals surface area contributed by atoms with Gasteiger partial charge in [0.2, 0.25) is 0 Å². The van der Waals surface area contributed by atoms with Gasteiger partial charge < -0.3 is 20.9 Å². The van der Waals surface area contributed by atoms with Gasteiger partial charge in [-0.15, -0.1) is 0 Å². The Kier molecular flexibility index (Phi) is 8.72. The van der Waals surface area contributed by atoms with Gasteiger partial charge in [0.1, 0.15) is 17.4 Å². The smallest absolute Gasteiger partial charge is 0.323 e. The molecule has 0 fully saturated rings. The first-order valence-corrected chi connectivity index (χ1v) is 11.8. The molecule has 0 aromatic heterocycles. The van der Waals surface area contributed by atoms with Crippen molar-refractivity contribution in [3.05, 3.63) is 95.1 Å². The Morgan fingerprint density at radius 3 is 2.24 bits per heavy atom. The lowest BCUT2D eigenvalue weighted by molar-refractivity contribution is -0.157. The third-order valence-electron chi connectivity index (χ3n) is 5.64. The van der Waals surface area contributed by atoms with Gasteiger partial charge >= 0.3 is 5.97 Å². The summed E-state index contributed by atoms with van der Waals surface area (Å²) in [7, 11) is 0. The monoisotopic (exact) mass is 460 g/mol. The van der Waals surface area contributed by atoms with Gasteiger partial charge in [0.05, 0.1) is 0 Å². The largest absolute Gasteiger partial charge is 0.508 e. The van der Waals surface area contributed by atoms with Crippen LogP contribution in [-0.2, 0) is 35.3 Å². The van der Waals surface area contributed by atoms with Crippen LogP contribution >= 0.6 is 0 Å². The molecule has 0 heterocycles. The maximum atomic E-state index is 12.9. The number of benzene rings is 3. The van der Waals surface area contributed by atoms with Crippen LogP contribution in [0.3, 0.4) is 0 Å². The Balaban J connectivity index is 1.64. The summed E-state index contributed by atoms with van der Waals surface area (Å²) in [6.07, 6.45) is 3.08. The highest BCUT2D eigenvalue weighted by Gasteiger charge is 2.24. The molecule has 4 N–H and O–H groups in total. The van der Waals surface area contributed by atoms with Crippen molar-refractivity contribution in [2.75, 3.05) is 5.73 Å². The molecule has 5 heteroatoms. The Labute approximate surface area is 203 Å². The van der Waals surface area contributed by atoms with Crippen molar-refractivity contribution >= 4 is 11.7 Å². The number of aryl methyl sites for hydroxylation is 3. The summed E-state index contributed by atoms with van der Waals surface area (Å²) >= 11 is 0. The number of hydrogen-bond donors (Lipinski definition) is 3. The number of aromatic hydroxyl groups is 1. The highest BCUT2D eigenvalue weighted by Crippen LogP contribution is 2.19. The molecule has 0 bridgehead atoms. The van der Waals surface area contributed by atoms with E-state index in [1.165, 1.54) is 5.56 Å². The molecular formula is C29H36N2O3. The Morgan fingerprint density at radius 1 is 0.912 bits per heavy atom. The van der Waals surface area contributed by atoms with Crippen LogP contribution in [0.25, 0.3) is 0 Å². The lowest BCUT2D eigenvalue weighted by atomic mass is 10.0. The van der Waals surface area contributed by atoms with Crippen LogP contribution in [0.5, 0.6) is 5.75 Å². The van der Waals surface area contributed by atoms with E-state index < -0.39 is 11.6 Å². The minimum atomic E-state index is -0.535. The molecular weight excluding hydrogens is 424 g/mol. The molecule has 0 aliphatic rings. The molecule has 5 nitrogen and oxygen atoms in total. The van der Waals surface area contributed by atoms with Gasteiger partial charge in [0.15, 0.2) is 0 Å². The van der Waals surface area contributed by atoms with Crippen molar-refractivity contribution in [3.63, 3.8) is 0 Å². The van der Waals surface area contributed by atoms with E-state index in [-0.39, 0.29) is 11.7 Å². The number of phenols is 1. The van der Waals surface area contributed by atoms with E-state index in [4.69, 9.17) is 10.5 Å². The molecule has 3 aromatic rings. The molecule has 34 heavy (non-hydrogen) atoms. The Hall–Kier alpha value is -3.31. The van der Waals surface area contributed by atoms with Crippen LogP contribution in [0.4, 0.5) is 5.69 Å². The zero-order valence-electron chi connectivity index (χ0n) is 20.4. The van der Waals surface area contributed by atoms with Gasteiger partial charge in [-0.1, -0.05) is 54.6 Å². The number of nitrogens with two attached hydrogens (primary N) is 1. The van der Waals surface area contributed by atoms with Crippen LogP contribution in [0.15, 0.2) is 72.8 Å². The maximum absolute atomic E-state index is 12.9. The molecule has 3 rings (SSSR count). The van der Waals surface area contributed by atoms with E-state index in [1.807, 2.05) is 63.2 Å². The number of rotatable bonds is 10. The standard InChI is InChI=1S/C29H36N2O3/c1-29(2,3)34-28(33)27(18-13-21-7-5-4-6-8-21)31-20-23-12-17-26(30)24(19-23)14-9-22-10-15-25(32)16-11-22/h4-8,10-12,15-17,19,27,31-32H,9,13-14,18,20,30H2,1-3H3/t27-/m0/s1. The molecule has 0 amide bonds. The minimum absolute atomic E-state index is 0.230. The number of carbonyl (C=O) groups is 1. The van der Waals surface area contributed by atoms with Crippen molar-refractivity contribution in [1.82, 2.24) is 5.32 Å². The molecule has 0 radical (unpaired) electrons. The maximum Gasteiger partial charge on any atom is 0.323 e. The van der Waals surface area contributed by atoms with Crippen molar-refractivity contribution in [1.29, 1.82) is 0 Å². The van der Waals surface area contributed by atoms with Gasteiger partial charge in [-0.25, -0.2) is 0 Å². The fraction of sp³-hybridized carbons (Fsp3) is 0.345. The summed E-state index contributed by atoms with van der Waals surface area (Å²) < 4.78 is 5.68. The van der Waals surface area contributed by atoms with Gasteiger partial charge in [0.25, 0.3) is 0 Å². The van der Waals surface area contributed by atoms with Crippen LogP contribution in [0.2, 0.25) is 0 Å². The fourth-order valence-electron chi connectivity index (χ4n) is 3.80. The summed E-state index contributed by atoms with van der Waals surface area (Å²) in [5.41, 5.74) is 10.9. The number of hydrogen-bond acceptors (Lipinski definition) is 5. The average molecular weight is 461 g/mol. The number of phenolic OH excluding ortho intramolecular Hbond substituents is 1. The van der Waals surface area contributed by atoms with E-state index in [1.54, 1.807) is 12.1 Å². The second-order valence-corrected chi connectivity index (χ2v) is 9.69. The fourth-order valence-corrected chi connectivity index (χ4v) is 3.80. The zero-order valence-corrected chi connectivity index (χ0v) is 20.4. The highest BCUT2D eigenvalue weighted by atomic mass is 16.6. The summed E-state index contributed by atoms with van der Waals surface area (Å²) in [6, 6.07) is 23.0. The molecule has 0 saturated heterocycles. The topological polar surface area (TPSA) is 84.6 Å². The van der Waals surface area contributed by atoms with Crippen LogP contribution in [0, 0.1) is 0 Å². The number of nitrogens with one attached hydrogen (secondary N) is 1. The second kappa shape index (κ2) is 11.7. The van der Waals surface area contributed by atoms with Crippen LogP contribution in [0.1, 0.15) is 49.4 Å². The van der Waals surface area contributed by atoms with Gasteiger partial charge in [-0.2, -0.15) is 0 Å². The molecule has 1 atom stereocenters. The summed E-state index contributed by atoms with van der Waals surface area (Å²) in [6.45, 7) is 6.21. The predicted molar refractivity (Wildman–Crippen MR) is 138 cm³/mol. The number of nitrogen functional groups attached to an aromatic ring is 1. The van der Waals surface area contributed by atoms with E-state index in [9.17, 15) is 9.90 Å². The number of anilines is 1. The Morgan fingerprint density at radius 2 is 1.56 bits per heavy atom. The minimum Gasteiger partial charge on any atom is -0.508 e. The summed E-state index contributed by atoms with van der Waals surface area (Å²) in [4.78, 5) is 12.9. The first-order valence-electron chi connectivity index (χ1n) is 11.8. The van der Waals surface area contributed by atoms with Crippen LogP contribution in [-0.4, -0.2) is 22.7 Å². The lowest BCUT2D eigenvalue weighted by Crippen LogP contribution is -2.41. The third kappa shape index (κ3) is 8.23. The first-order chi connectivity index (χ1) is 16.2. The molecule has 0 saturated carbocycles. The molecule has 180 valence electrons. The van der Waals surface area contributed by atoms with E-state index in [0.29, 0.717) is 13.0 Å². The SMILES string of the molecule is CC(C)(C)OC(=O)[C@H](CCc1ccccc1)NCc1ccc(N)c(CCc2ccc(O)cc2)c1. The van der Waals surface area contributed by atoms with Crippen molar-refractivity contribution in [2.45, 2.75) is 64.6 Å². The molecule has 3 aromatic carbocycles. The number of carbonyl (C=O) groups excluding carboxylic acids is 1. The van der Waals surface area contributed by atoms with E-state index in [0.717, 1.165) is 41.6 Å². The number of ether oxygens (including phenoxy) is 1. The number of esters is 1. The highest BCUT2D eigenvalue weighted by molar-refractivity contribution is 5.76. The average Bonchev–Trinajstić information content (AvgIpc) is 2.79. The van der Waals surface area contributed by atoms with E-state index >= 15 is 0 Å². The quantitative estimate of drug-likeness (QED) is 0.286. The van der Waals surface area contributed by atoms with Crippen molar-refractivity contribution < 1.29 is 14.6 Å². The predicted octanol–water partition coefficient (Wildman–Crippen LogP) is 5.19. The van der Waals surface area contributed by atoms with E-state index in [2.05, 4.69) is 23.5 Å². The van der Waals surface area contributed by atoms with Gasteiger partial charge in [0, 0.05) is 12.2 Å². The Bertz CT molecular complexity index is 1060. The normalized spacial score (nSPS) is 12.3. The van der Waals surface area contributed by atoms with Crippen molar-refractivity contribution in [3.8, 4) is 5.75 Å². The van der Waals surface area contributed by atoms with Crippen molar-refractivity contribution in [2.24, 2.45) is 0 Å². The van der Waals surface area contributed by atoms with Gasteiger partial charge in [-0.05, 0) is 86.9 Å². The van der Waals surface area contributed by atoms with Gasteiger partial charge in [-0.3, -0.25) is 4.79 Å². The molecule has 0 aliphatic carbocycles. The second-order valence-electron chi connectivity index (χ2n) is 9.69. The third-order valence-corrected chi connectivity index (χ3v) is 5.64. The summed E-state index contributed by atoms with van der Waals surface area (Å²) in [5, 5.41) is 12.9. The molecule has 0 aliphatic heterocycles. The lowest BCUT2D eigenvalue weighted by Gasteiger charge is -2.25. The summed E-state index contributed by atoms with van der Waals surface area (Å²) in [5.74, 6) is 0.0366. The zero-order chi connectivity index (χ0) is 24.6. The first kappa shape index (κ1) is 25.3. The molecule has 0 spiro atoms.